The molecule has 5 fully saturated rings. The number of pyridine rings is 4. The van der Waals surface area contributed by atoms with Crippen molar-refractivity contribution in [3.63, 3.8) is 0 Å². The van der Waals surface area contributed by atoms with Crippen molar-refractivity contribution in [3.8, 4) is 0 Å². The average molecular weight is 1060 g/mol. The fourth-order valence-corrected chi connectivity index (χ4v) is 11.5. The van der Waals surface area contributed by atoms with Gasteiger partial charge in [-0.05, 0) is 82.9 Å². The van der Waals surface area contributed by atoms with Gasteiger partial charge in [-0.1, -0.05) is 25.7 Å². The third kappa shape index (κ3) is 11.1. The fraction of sp³-hybridized carbons (Fsp3) is 0.446. The van der Waals surface area contributed by atoms with E-state index in [1.165, 1.54) is 43.4 Å². The molecular weight excluding hydrogens is 997 g/mol. The third-order valence-electron chi connectivity index (χ3n) is 15.2. The molecule has 22 heteroatoms. The second-order valence-corrected chi connectivity index (χ2v) is 21.2. The van der Waals surface area contributed by atoms with Crippen molar-refractivity contribution in [2.24, 2.45) is 0 Å². The van der Waals surface area contributed by atoms with Gasteiger partial charge in [0.15, 0.2) is 5.79 Å². The highest BCUT2D eigenvalue weighted by Crippen LogP contribution is 2.40. The molecule has 0 bridgehead atoms. The molecule has 0 radical (unpaired) electrons. The number of carboxylic acid groups (broad SMARTS) is 1. The lowest BCUT2D eigenvalue weighted by Gasteiger charge is -2.38. The van der Waals surface area contributed by atoms with Crippen LogP contribution in [0.2, 0.25) is 0 Å². The molecule has 1 spiro atoms. The quantitative estimate of drug-likeness (QED) is 0.134. The van der Waals surface area contributed by atoms with Crippen LogP contribution < -0.4 is 20.0 Å². The van der Waals surface area contributed by atoms with Gasteiger partial charge in [-0.15, -0.1) is 0 Å². The average Bonchev–Trinajstić information content (AvgIpc) is 4.37. The monoisotopic (exact) mass is 1060 g/mol. The molecule has 4 N–H and O–H groups in total. The van der Waals surface area contributed by atoms with Crippen LogP contribution in [0.5, 0.6) is 0 Å². The van der Waals surface area contributed by atoms with Crippen molar-refractivity contribution in [2.45, 2.75) is 121 Å². The molecule has 1 amide bonds. The lowest BCUT2D eigenvalue weighted by molar-refractivity contribution is -0.169. The van der Waals surface area contributed by atoms with Crippen LogP contribution in [0.4, 0.5) is 39.7 Å². The summed E-state index contributed by atoms with van der Waals surface area (Å²) in [6.45, 7) is 9.71. The van der Waals surface area contributed by atoms with Gasteiger partial charge in [0, 0.05) is 110 Å². The van der Waals surface area contributed by atoms with Crippen LogP contribution in [0.15, 0.2) is 86.0 Å². The number of nitrogens with zero attached hydrogens (tertiary/aromatic N) is 13. The van der Waals surface area contributed by atoms with Crippen LogP contribution in [-0.4, -0.2) is 129 Å². The number of ether oxygens (including phenoxy) is 3. The first-order chi connectivity index (χ1) is 37.5. The number of rotatable bonds is 8. The molecule has 3 saturated heterocycles. The number of carbonyl (C=O) groups excluding carboxylic acids is 2. The van der Waals surface area contributed by atoms with Gasteiger partial charge in [0.05, 0.1) is 60.4 Å². The summed E-state index contributed by atoms with van der Waals surface area (Å²) in [5, 5.41) is 14.4. The van der Waals surface area contributed by atoms with Crippen molar-refractivity contribution in [1.82, 2.24) is 49.0 Å². The van der Waals surface area contributed by atoms with Crippen LogP contribution in [0.1, 0.15) is 110 Å². The molecule has 2 aliphatic carbocycles. The summed E-state index contributed by atoms with van der Waals surface area (Å²) < 4.78 is 22.2. The minimum Gasteiger partial charge on any atom is -0.483 e. The number of amides is 1. The van der Waals surface area contributed by atoms with Gasteiger partial charge in [0.2, 0.25) is 11.9 Å². The van der Waals surface area contributed by atoms with E-state index in [2.05, 4.69) is 49.2 Å². The summed E-state index contributed by atoms with van der Waals surface area (Å²) in [5.74, 6) is 1.76. The first kappa shape index (κ1) is 53.4. The largest absolute Gasteiger partial charge is 0.483 e. The van der Waals surface area contributed by atoms with E-state index < -0.39 is 17.5 Å². The number of hydrogen-bond donors (Lipinski definition) is 2. The highest BCUT2D eigenvalue weighted by molar-refractivity contribution is 6.07. The van der Waals surface area contributed by atoms with Gasteiger partial charge in [-0.2, -0.15) is 14.9 Å². The van der Waals surface area contributed by atoms with Gasteiger partial charge in [0.25, 0.3) is 6.47 Å². The summed E-state index contributed by atoms with van der Waals surface area (Å²) >= 11 is 0. The molecule has 408 valence electrons. The van der Waals surface area contributed by atoms with E-state index >= 15 is 0 Å². The maximum atomic E-state index is 13.7. The SMILES string of the molecule is CC(C)(C)OC(=O)N(c1ccc(N2CCC3(CC2)OCCO3)cn1)c1ncc2c3ccncc3n(C3CCCC3)c2n1.O.O=C1CCN(c2ccc(Nc3ncc4c5ccncc5n(C5CCCC5)c4n3)nc2)CC1.O=CO. The molecule has 8 aromatic heterocycles. The number of ketones is 1. The van der Waals surface area contributed by atoms with E-state index in [9.17, 15) is 9.59 Å². The first-order valence-corrected chi connectivity index (χ1v) is 26.8. The Labute approximate surface area is 450 Å². The normalized spacial score (nSPS) is 17.7. The summed E-state index contributed by atoms with van der Waals surface area (Å²) in [6.07, 6.45) is 26.4. The van der Waals surface area contributed by atoms with Crippen molar-refractivity contribution in [3.05, 3.63) is 86.0 Å². The summed E-state index contributed by atoms with van der Waals surface area (Å²) in [7, 11) is 0. The number of nitrogens with one attached hydrogen (secondary N) is 1. The second-order valence-electron chi connectivity index (χ2n) is 21.2. The molecule has 2 saturated carbocycles. The van der Waals surface area contributed by atoms with Crippen molar-refractivity contribution >= 4 is 97.1 Å². The summed E-state index contributed by atoms with van der Waals surface area (Å²) in [4.78, 5) is 76.5. The Morgan fingerprint density at radius 3 is 1.78 bits per heavy atom. The van der Waals surface area contributed by atoms with Crippen LogP contribution in [0.3, 0.4) is 0 Å². The van der Waals surface area contributed by atoms with E-state index in [1.54, 1.807) is 18.6 Å². The van der Waals surface area contributed by atoms with Crippen molar-refractivity contribution in [1.29, 1.82) is 0 Å². The molecule has 22 nitrogen and oxygen atoms in total. The van der Waals surface area contributed by atoms with Crippen LogP contribution in [0, 0.1) is 0 Å². The van der Waals surface area contributed by atoms with Crippen molar-refractivity contribution < 1.29 is 39.2 Å². The highest BCUT2D eigenvalue weighted by atomic mass is 16.7. The highest BCUT2D eigenvalue weighted by Gasteiger charge is 2.40. The van der Waals surface area contributed by atoms with E-state index in [-0.39, 0.29) is 17.9 Å². The Hall–Kier alpha value is -7.95. The predicted octanol–water partition coefficient (Wildman–Crippen LogP) is 9.18. The number of anilines is 6. The smallest absolute Gasteiger partial charge is 0.423 e. The molecule has 8 aromatic rings. The fourth-order valence-electron chi connectivity index (χ4n) is 11.5. The number of hydrogen-bond acceptors (Lipinski definition) is 17. The zero-order chi connectivity index (χ0) is 53.1. The zero-order valence-corrected chi connectivity index (χ0v) is 44.3. The maximum absolute atomic E-state index is 13.7. The molecule has 0 unspecified atom stereocenters. The lowest BCUT2D eigenvalue weighted by atomic mass is 10.0. The van der Waals surface area contributed by atoms with Gasteiger partial charge in [-0.3, -0.25) is 19.6 Å². The Morgan fingerprint density at radius 2 is 1.24 bits per heavy atom. The van der Waals surface area contributed by atoms with Gasteiger partial charge >= 0.3 is 6.09 Å². The zero-order valence-electron chi connectivity index (χ0n) is 44.3. The number of fused-ring (bicyclic) bond motifs is 6. The van der Waals surface area contributed by atoms with Gasteiger partial charge in [0.1, 0.15) is 34.3 Å². The molecule has 0 atom stereocenters. The molecule has 13 rings (SSSR count). The van der Waals surface area contributed by atoms with E-state index in [0.717, 1.165) is 107 Å². The second kappa shape index (κ2) is 22.9. The molecular formula is C56H66N14O8. The number of carbonyl (C=O) groups is 3. The minimum atomic E-state index is -0.710. The molecule has 0 aromatic carbocycles. The predicted molar refractivity (Wildman–Crippen MR) is 296 cm³/mol. The van der Waals surface area contributed by atoms with Gasteiger partial charge < -0.3 is 49.0 Å². The number of piperidine rings is 2. The van der Waals surface area contributed by atoms with Crippen LogP contribution in [-0.2, 0) is 23.8 Å². The van der Waals surface area contributed by atoms with Crippen LogP contribution >= 0.6 is 0 Å². The number of Topliss-reactive ketones (excluding diaryl/α,β-unsaturated/α-hetero) is 1. The molecule has 78 heavy (non-hydrogen) atoms. The molecule has 11 heterocycles. The Morgan fingerprint density at radius 1 is 0.705 bits per heavy atom. The number of aromatic nitrogens is 10. The van der Waals surface area contributed by atoms with Gasteiger partial charge in [-0.25, -0.2) is 24.7 Å². The van der Waals surface area contributed by atoms with E-state index in [0.29, 0.717) is 61.5 Å². The summed E-state index contributed by atoms with van der Waals surface area (Å²) in [5.41, 5.74) is 5.20. The molecule has 5 aliphatic rings. The van der Waals surface area contributed by atoms with E-state index in [1.807, 2.05) is 88.2 Å². The topological polar surface area (TPSA) is 265 Å². The standard InChI is InChI=1S/C31H37N7O4.C24H25N7O.CH2O2.H2O/c1-30(2,3)42-29(39)38(26-9-8-22(18-33-26)36-14-11-31(12-15-36)40-16-17-41-31)28-34-19-24-23-10-13-32-20-25(23)37(27(24)35-28)21-6-4-5-7-21;32-18-8-11-30(12-9-18)17-5-6-22(26-13-17)28-24-27-14-20-19-7-10-25-15-21(19)31(23(20)29-24)16-3-1-2-4-16;2-1-3;/h8-10,13,18-21H,4-7,11-12,14-17H2,1-3H3;5-7,10,13-16H,1-4,8-9,11-12H2,(H,26,27,28,29);1H,(H,2,3);1H2. The first-order valence-electron chi connectivity index (χ1n) is 26.8. The Bertz CT molecular complexity index is 3380. The molecule has 3 aliphatic heterocycles. The summed E-state index contributed by atoms with van der Waals surface area (Å²) in [6, 6.07) is 12.6. The Kier molecular flexibility index (Phi) is 15.7. The van der Waals surface area contributed by atoms with E-state index in [4.69, 9.17) is 39.1 Å². The van der Waals surface area contributed by atoms with Crippen molar-refractivity contribution in [2.75, 3.05) is 59.4 Å². The Balaban J connectivity index is 0.000000171. The third-order valence-corrected chi connectivity index (χ3v) is 15.2. The van der Waals surface area contributed by atoms with Crippen LogP contribution in [0.25, 0.3) is 43.9 Å². The lowest BCUT2D eigenvalue weighted by Crippen LogP contribution is -2.45. The minimum absolute atomic E-state index is 0. The maximum Gasteiger partial charge on any atom is 0.423 e.